The van der Waals surface area contributed by atoms with Crippen LogP contribution in [0.15, 0.2) is 41.5 Å². The molecular formula is C17H13Cl2F3N2O2. The molecule has 1 heterocycles. The van der Waals surface area contributed by atoms with Crippen molar-refractivity contribution in [3.05, 3.63) is 52.7 Å². The highest BCUT2D eigenvalue weighted by molar-refractivity contribution is 6.31. The molecule has 1 aliphatic carbocycles. The van der Waals surface area contributed by atoms with Gasteiger partial charge in [0.05, 0.1) is 23.9 Å². The summed E-state index contributed by atoms with van der Waals surface area (Å²) in [6.45, 7) is 0.0386. The molecule has 4 nitrogen and oxygen atoms in total. The second-order valence-electron chi connectivity index (χ2n) is 5.94. The van der Waals surface area contributed by atoms with Crippen molar-refractivity contribution in [3.63, 3.8) is 0 Å². The molecular weight excluding hydrogens is 392 g/mol. The minimum atomic E-state index is -4.63. The highest BCUT2D eigenvalue weighted by Gasteiger charge is 2.37. The van der Waals surface area contributed by atoms with Gasteiger partial charge in [0.25, 0.3) is 0 Å². The number of fused-ring (bicyclic) bond motifs is 1. The molecule has 138 valence electrons. The van der Waals surface area contributed by atoms with E-state index in [-0.39, 0.29) is 23.9 Å². The third kappa shape index (κ3) is 3.73. The lowest BCUT2D eigenvalue weighted by Gasteiger charge is -2.22. The topological polar surface area (TPSA) is 55.1 Å². The second-order valence-corrected chi connectivity index (χ2v) is 6.88. The average Bonchev–Trinajstić information content (AvgIpc) is 2.89. The summed E-state index contributed by atoms with van der Waals surface area (Å²) in [5.74, 6) is -1.51. The maximum atomic E-state index is 13.3. The van der Waals surface area contributed by atoms with Crippen LogP contribution < -0.4 is 0 Å². The van der Waals surface area contributed by atoms with Crippen LogP contribution in [-0.4, -0.2) is 26.2 Å². The molecule has 1 aromatic heterocycles. The minimum absolute atomic E-state index is 0.0386. The van der Waals surface area contributed by atoms with Gasteiger partial charge in [-0.15, -0.1) is 11.6 Å². The zero-order valence-corrected chi connectivity index (χ0v) is 14.7. The molecule has 1 aromatic carbocycles. The first-order chi connectivity index (χ1) is 12.2. The smallest absolute Gasteiger partial charge is 0.435 e. The monoisotopic (exact) mass is 404 g/mol. The summed E-state index contributed by atoms with van der Waals surface area (Å²) < 4.78 is 41.2. The average molecular weight is 405 g/mol. The number of carboxylic acids is 1. The zero-order valence-electron chi connectivity index (χ0n) is 13.2. The number of aromatic nitrogens is 2. The molecule has 3 rings (SSSR count). The maximum Gasteiger partial charge on any atom is 0.435 e. The van der Waals surface area contributed by atoms with Gasteiger partial charge in [0.2, 0.25) is 0 Å². The van der Waals surface area contributed by atoms with Gasteiger partial charge < -0.3 is 5.11 Å². The second kappa shape index (κ2) is 6.96. The Labute approximate surface area is 156 Å². The van der Waals surface area contributed by atoms with Crippen molar-refractivity contribution < 1.29 is 23.1 Å². The molecule has 0 fully saturated rings. The molecule has 0 saturated heterocycles. The van der Waals surface area contributed by atoms with E-state index in [4.69, 9.17) is 28.3 Å². The van der Waals surface area contributed by atoms with Gasteiger partial charge in [-0.05, 0) is 17.7 Å². The number of benzene rings is 1. The molecule has 1 aliphatic rings. The van der Waals surface area contributed by atoms with Crippen LogP contribution in [0.1, 0.15) is 11.3 Å². The fraction of sp³-hybridized carbons (Fsp3) is 0.294. The number of hydrogen-bond acceptors (Lipinski definition) is 2. The Balaban J connectivity index is 2.09. The van der Waals surface area contributed by atoms with Crippen molar-refractivity contribution in [1.82, 2.24) is 9.78 Å². The predicted molar refractivity (Wildman–Crippen MR) is 92.3 cm³/mol. The SMILES string of the molecule is O=C(O)Cc1ccc2c(C(F)(F)F)nn(CC3C(Cl)=CC=CC3Cl)c2c1. The van der Waals surface area contributed by atoms with E-state index in [0.717, 1.165) is 0 Å². The number of halogens is 5. The van der Waals surface area contributed by atoms with Crippen molar-refractivity contribution in [2.45, 2.75) is 24.5 Å². The molecule has 1 N–H and O–H groups in total. The maximum absolute atomic E-state index is 13.3. The standard InChI is InChI=1S/C17H13Cl2F3N2O2/c18-12-2-1-3-13(19)11(12)8-24-14-6-9(7-15(25)26)4-5-10(14)16(23-24)17(20,21)22/h1-6,11-12H,7-8H2,(H,25,26). The Morgan fingerprint density at radius 3 is 2.69 bits per heavy atom. The van der Waals surface area contributed by atoms with Crippen molar-refractivity contribution in [2.75, 3.05) is 0 Å². The van der Waals surface area contributed by atoms with E-state index >= 15 is 0 Å². The molecule has 2 unspecified atom stereocenters. The summed E-state index contributed by atoms with van der Waals surface area (Å²) >= 11 is 12.4. The van der Waals surface area contributed by atoms with Crippen LogP contribution in [0, 0.1) is 5.92 Å². The summed E-state index contributed by atoms with van der Waals surface area (Å²) in [6, 6.07) is 4.01. The molecule has 2 atom stereocenters. The van der Waals surface area contributed by atoms with Crippen LogP contribution in [0.25, 0.3) is 10.9 Å². The van der Waals surface area contributed by atoms with Gasteiger partial charge in [-0.2, -0.15) is 18.3 Å². The summed E-state index contributed by atoms with van der Waals surface area (Å²) in [4.78, 5) is 10.9. The van der Waals surface area contributed by atoms with Crippen molar-refractivity contribution in [2.24, 2.45) is 5.92 Å². The summed E-state index contributed by atoms with van der Waals surface area (Å²) in [6.07, 6.45) is 0.0865. The molecule has 0 radical (unpaired) electrons. The number of nitrogens with zero attached hydrogens (tertiary/aromatic N) is 2. The summed E-state index contributed by atoms with van der Waals surface area (Å²) in [5, 5.41) is 12.5. The third-order valence-electron chi connectivity index (χ3n) is 4.10. The van der Waals surface area contributed by atoms with Crippen LogP contribution in [0.5, 0.6) is 0 Å². The van der Waals surface area contributed by atoms with Crippen molar-refractivity contribution >= 4 is 40.1 Å². The molecule has 9 heteroatoms. The Morgan fingerprint density at radius 1 is 1.35 bits per heavy atom. The lowest BCUT2D eigenvalue weighted by molar-refractivity contribution is -0.140. The molecule has 0 spiro atoms. The van der Waals surface area contributed by atoms with E-state index in [1.807, 2.05) is 0 Å². The first-order valence-corrected chi connectivity index (χ1v) is 8.44. The first-order valence-electron chi connectivity index (χ1n) is 7.63. The van der Waals surface area contributed by atoms with Gasteiger partial charge in [-0.3, -0.25) is 9.48 Å². The molecule has 26 heavy (non-hydrogen) atoms. The summed E-state index contributed by atoms with van der Waals surface area (Å²) in [5.41, 5.74) is -0.446. The Morgan fingerprint density at radius 2 is 2.08 bits per heavy atom. The lowest BCUT2D eigenvalue weighted by Crippen LogP contribution is -2.22. The number of allylic oxidation sites excluding steroid dienone is 4. The third-order valence-corrected chi connectivity index (χ3v) is 4.95. The van der Waals surface area contributed by atoms with Gasteiger partial charge in [0.1, 0.15) is 0 Å². The van der Waals surface area contributed by atoms with Gasteiger partial charge in [-0.25, -0.2) is 0 Å². The first kappa shape index (κ1) is 18.8. The van der Waals surface area contributed by atoms with E-state index in [2.05, 4.69) is 5.10 Å². The Hall–Kier alpha value is -1.99. The minimum Gasteiger partial charge on any atom is -0.481 e. The largest absolute Gasteiger partial charge is 0.481 e. The number of hydrogen-bond donors (Lipinski definition) is 1. The van der Waals surface area contributed by atoms with E-state index in [1.165, 1.54) is 22.9 Å². The predicted octanol–water partition coefficient (Wildman–Crippen LogP) is 4.60. The molecule has 2 aromatic rings. The van der Waals surface area contributed by atoms with Crippen LogP contribution in [0.3, 0.4) is 0 Å². The lowest BCUT2D eigenvalue weighted by atomic mass is 10.00. The molecule has 0 amide bonds. The van der Waals surface area contributed by atoms with E-state index in [9.17, 15) is 18.0 Å². The zero-order chi connectivity index (χ0) is 19.1. The van der Waals surface area contributed by atoms with E-state index < -0.39 is 29.1 Å². The fourth-order valence-corrected chi connectivity index (χ4v) is 3.53. The van der Waals surface area contributed by atoms with Gasteiger partial charge in [0, 0.05) is 16.3 Å². The summed E-state index contributed by atoms with van der Waals surface area (Å²) in [7, 11) is 0. The van der Waals surface area contributed by atoms with Gasteiger partial charge in [0.15, 0.2) is 5.69 Å². The van der Waals surface area contributed by atoms with E-state index in [1.54, 1.807) is 18.2 Å². The van der Waals surface area contributed by atoms with Crippen LogP contribution >= 0.6 is 23.2 Å². The van der Waals surface area contributed by atoms with Gasteiger partial charge >= 0.3 is 12.1 Å². The number of rotatable bonds is 4. The van der Waals surface area contributed by atoms with Crippen LogP contribution in [-0.2, 0) is 23.9 Å². The number of carbonyl (C=O) groups is 1. The number of carboxylic acid groups (broad SMARTS) is 1. The molecule has 0 aliphatic heterocycles. The number of aliphatic carboxylic acids is 1. The van der Waals surface area contributed by atoms with Crippen molar-refractivity contribution in [3.8, 4) is 0 Å². The van der Waals surface area contributed by atoms with Gasteiger partial charge in [-0.1, -0.05) is 35.9 Å². The van der Waals surface area contributed by atoms with E-state index in [0.29, 0.717) is 10.6 Å². The Kier molecular flexibility index (Phi) is 5.03. The molecule has 0 bridgehead atoms. The fourth-order valence-electron chi connectivity index (χ4n) is 2.89. The quantitative estimate of drug-likeness (QED) is 0.757. The number of alkyl halides is 4. The van der Waals surface area contributed by atoms with Crippen LogP contribution in [0.2, 0.25) is 0 Å². The Bertz CT molecular complexity index is 919. The van der Waals surface area contributed by atoms with Crippen molar-refractivity contribution in [1.29, 1.82) is 0 Å². The van der Waals surface area contributed by atoms with Crippen LogP contribution in [0.4, 0.5) is 13.2 Å². The molecule has 0 saturated carbocycles. The highest BCUT2D eigenvalue weighted by atomic mass is 35.5. The normalized spacial score (nSPS) is 20.4. The highest BCUT2D eigenvalue weighted by Crippen LogP contribution is 2.36.